The van der Waals surface area contributed by atoms with Crippen molar-refractivity contribution in [2.24, 2.45) is 5.84 Å². The van der Waals surface area contributed by atoms with Crippen LogP contribution in [0.25, 0.3) is 0 Å². The molecular formula is C15H26N2O3. The standard InChI is InChI=1S/C15H26N2O3/c1-12(19-3)8-9-14(17-16)13-6-4-5-7-15(13)20-11-10-18-2/h4-7,12,14,17H,8-11,16H2,1-3H3. The first-order chi connectivity index (χ1) is 9.72. The Kier molecular flexibility index (Phi) is 8.22. The van der Waals surface area contributed by atoms with Gasteiger partial charge in [0.15, 0.2) is 0 Å². The number of hydrogen-bond donors (Lipinski definition) is 2. The van der Waals surface area contributed by atoms with Crippen LogP contribution >= 0.6 is 0 Å². The fraction of sp³-hybridized carbons (Fsp3) is 0.600. The molecule has 5 nitrogen and oxygen atoms in total. The van der Waals surface area contributed by atoms with E-state index in [0.717, 1.165) is 24.2 Å². The SMILES string of the molecule is COCCOc1ccccc1C(CCC(C)OC)NN. The molecule has 2 unspecified atom stereocenters. The van der Waals surface area contributed by atoms with Crippen LogP contribution in [-0.4, -0.2) is 33.5 Å². The average Bonchev–Trinajstić information content (AvgIpc) is 2.49. The van der Waals surface area contributed by atoms with Crippen molar-refractivity contribution in [2.45, 2.75) is 31.9 Å². The van der Waals surface area contributed by atoms with E-state index in [-0.39, 0.29) is 12.1 Å². The van der Waals surface area contributed by atoms with Gasteiger partial charge in [-0.3, -0.25) is 11.3 Å². The van der Waals surface area contributed by atoms with Gasteiger partial charge >= 0.3 is 0 Å². The Morgan fingerprint density at radius 3 is 2.55 bits per heavy atom. The molecule has 0 aromatic heterocycles. The minimum atomic E-state index is 0.0475. The van der Waals surface area contributed by atoms with Gasteiger partial charge in [-0.1, -0.05) is 18.2 Å². The Hall–Kier alpha value is -1.14. The molecule has 0 aliphatic rings. The summed E-state index contributed by atoms with van der Waals surface area (Å²) in [6, 6.07) is 7.98. The second kappa shape index (κ2) is 9.72. The van der Waals surface area contributed by atoms with Gasteiger partial charge in [-0.2, -0.15) is 0 Å². The van der Waals surface area contributed by atoms with E-state index in [2.05, 4.69) is 12.3 Å². The molecule has 2 atom stereocenters. The number of ether oxygens (including phenoxy) is 3. The van der Waals surface area contributed by atoms with Gasteiger partial charge < -0.3 is 14.2 Å². The van der Waals surface area contributed by atoms with E-state index < -0.39 is 0 Å². The highest BCUT2D eigenvalue weighted by Crippen LogP contribution is 2.28. The molecule has 0 saturated heterocycles. The van der Waals surface area contributed by atoms with Crippen molar-refractivity contribution in [3.8, 4) is 5.75 Å². The van der Waals surface area contributed by atoms with Crippen LogP contribution in [0.3, 0.4) is 0 Å². The van der Waals surface area contributed by atoms with E-state index in [1.54, 1.807) is 14.2 Å². The average molecular weight is 282 g/mol. The summed E-state index contributed by atoms with van der Waals surface area (Å²) in [5, 5.41) is 0. The summed E-state index contributed by atoms with van der Waals surface area (Å²) < 4.78 is 16.0. The number of rotatable bonds is 10. The molecule has 0 radical (unpaired) electrons. The number of hydrogen-bond acceptors (Lipinski definition) is 5. The molecule has 3 N–H and O–H groups in total. The molecule has 1 aromatic carbocycles. The highest BCUT2D eigenvalue weighted by atomic mass is 16.5. The third-order valence-electron chi connectivity index (χ3n) is 3.30. The van der Waals surface area contributed by atoms with Gasteiger partial charge in [0.1, 0.15) is 12.4 Å². The molecule has 5 heteroatoms. The summed E-state index contributed by atoms with van der Waals surface area (Å²) in [5.41, 5.74) is 3.93. The van der Waals surface area contributed by atoms with Crippen molar-refractivity contribution in [1.82, 2.24) is 5.43 Å². The van der Waals surface area contributed by atoms with Gasteiger partial charge in [0, 0.05) is 25.8 Å². The highest BCUT2D eigenvalue weighted by Gasteiger charge is 2.15. The van der Waals surface area contributed by atoms with Gasteiger partial charge in [-0.15, -0.1) is 0 Å². The van der Waals surface area contributed by atoms with Crippen molar-refractivity contribution in [3.63, 3.8) is 0 Å². The first kappa shape index (κ1) is 16.9. The van der Waals surface area contributed by atoms with E-state index in [1.165, 1.54) is 0 Å². The van der Waals surface area contributed by atoms with Crippen LogP contribution in [0, 0.1) is 0 Å². The lowest BCUT2D eigenvalue weighted by Crippen LogP contribution is -2.29. The largest absolute Gasteiger partial charge is 0.491 e. The zero-order valence-corrected chi connectivity index (χ0v) is 12.6. The monoisotopic (exact) mass is 282 g/mol. The van der Waals surface area contributed by atoms with Gasteiger partial charge in [0.25, 0.3) is 0 Å². The fourth-order valence-electron chi connectivity index (χ4n) is 1.98. The molecule has 0 amide bonds. The molecule has 1 aromatic rings. The summed E-state index contributed by atoms with van der Waals surface area (Å²) in [5.74, 6) is 6.53. The molecule has 0 heterocycles. The van der Waals surface area contributed by atoms with Crippen molar-refractivity contribution in [3.05, 3.63) is 29.8 Å². The molecule has 20 heavy (non-hydrogen) atoms. The van der Waals surface area contributed by atoms with Crippen LogP contribution in [0.2, 0.25) is 0 Å². The minimum Gasteiger partial charge on any atom is -0.491 e. The second-order valence-electron chi connectivity index (χ2n) is 4.72. The first-order valence-corrected chi connectivity index (χ1v) is 6.92. The predicted octanol–water partition coefficient (Wildman–Crippen LogP) is 2.03. The predicted molar refractivity (Wildman–Crippen MR) is 79.6 cm³/mol. The summed E-state index contributed by atoms with van der Waals surface area (Å²) in [4.78, 5) is 0. The maximum Gasteiger partial charge on any atom is 0.124 e. The van der Waals surface area contributed by atoms with E-state index >= 15 is 0 Å². The number of nitrogens with one attached hydrogen (secondary N) is 1. The number of hydrazine groups is 1. The van der Waals surface area contributed by atoms with Crippen LogP contribution in [0.15, 0.2) is 24.3 Å². The van der Waals surface area contributed by atoms with E-state index in [1.807, 2.05) is 24.3 Å². The van der Waals surface area contributed by atoms with E-state index in [4.69, 9.17) is 20.1 Å². The maximum atomic E-state index is 5.74. The Bertz CT molecular complexity index is 374. The molecule has 0 aliphatic carbocycles. The third kappa shape index (κ3) is 5.46. The van der Waals surface area contributed by atoms with Crippen LogP contribution < -0.4 is 16.0 Å². The maximum absolute atomic E-state index is 5.74. The molecular weight excluding hydrogens is 256 g/mol. The number of nitrogens with two attached hydrogens (primary N) is 1. The zero-order chi connectivity index (χ0) is 14.8. The highest BCUT2D eigenvalue weighted by molar-refractivity contribution is 5.35. The Balaban J connectivity index is 2.69. The number of methoxy groups -OCH3 is 2. The summed E-state index contributed by atoms with van der Waals surface area (Å²) in [6.07, 6.45) is 2.03. The van der Waals surface area contributed by atoms with Crippen LogP contribution in [0.1, 0.15) is 31.4 Å². The third-order valence-corrected chi connectivity index (χ3v) is 3.30. The van der Waals surface area contributed by atoms with Crippen LogP contribution in [0.5, 0.6) is 5.75 Å². The lowest BCUT2D eigenvalue weighted by molar-refractivity contribution is 0.106. The smallest absolute Gasteiger partial charge is 0.124 e. The minimum absolute atomic E-state index is 0.0475. The van der Waals surface area contributed by atoms with Gasteiger partial charge in [-0.05, 0) is 25.8 Å². The molecule has 0 fully saturated rings. The van der Waals surface area contributed by atoms with Crippen LogP contribution in [-0.2, 0) is 9.47 Å². The Morgan fingerprint density at radius 1 is 1.15 bits per heavy atom. The molecule has 1 rings (SSSR count). The molecule has 0 bridgehead atoms. The molecule has 114 valence electrons. The first-order valence-electron chi connectivity index (χ1n) is 6.92. The van der Waals surface area contributed by atoms with Crippen molar-refractivity contribution in [2.75, 3.05) is 27.4 Å². The quantitative estimate of drug-likeness (QED) is 0.390. The zero-order valence-electron chi connectivity index (χ0n) is 12.6. The Labute approximate surface area is 121 Å². The lowest BCUT2D eigenvalue weighted by Gasteiger charge is -2.21. The van der Waals surface area contributed by atoms with Gasteiger partial charge in [0.05, 0.1) is 12.7 Å². The van der Waals surface area contributed by atoms with Crippen molar-refractivity contribution in [1.29, 1.82) is 0 Å². The fourth-order valence-corrected chi connectivity index (χ4v) is 1.98. The van der Waals surface area contributed by atoms with Crippen molar-refractivity contribution < 1.29 is 14.2 Å². The van der Waals surface area contributed by atoms with Gasteiger partial charge in [-0.25, -0.2) is 0 Å². The number of benzene rings is 1. The van der Waals surface area contributed by atoms with Crippen LogP contribution in [0.4, 0.5) is 0 Å². The second-order valence-corrected chi connectivity index (χ2v) is 4.72. The molecule has 0 aliphatic heterocycles. The summed E-state index contributed by atoms with van der Waals surface area (Å²) in [6.45, 7) is 3.14. The van der Waals surface area contributed by atoms with Gasteiger partial charge in [0.2, 0.25) is 0 Å². The topological polar surface area (TPSA) is 65.7 Å². The number of para-hydroxylation sites is 1. The lowest BCUT2D eigenvalue weighted by atomic mass is 10.00. The molecule has 0 saturated carbocycles. The van der Waals surface area contributed by atoms with E-state index in [0.29, 0.717) is 13.2 Å². The normalized spacial score (nSPS) is 14.0. The van der Waals surface area contributed by atoms with E-state index in [9.17, 15) is 0 Å². The van der Waals surface area contributed by atoms with Crippen molar-refractivity contribution >= 4 is 0 Å². The Morgan fingerprint density at radius 2 is 1.90 bits per heavy atom. The summed E-state index contributed by atoms with van der Waals surface area (Å²) >= 11 is 0. The molecule has 0 spiro atoms. The summed E-state index contributed by atoms with van der Waals surface area (Å²) in [7, 11) is 3.38.